The van der Waals surface area contributed by atoms with Gasteiger partial charge in [0.25, 0.3) is 0 Å². The molecule has 4 heteroatoms. The third-order valence-corrected chi connectivity index (χ3v) is 2.24. The Labute approximate surface area is 105 Å². The van der Waals surface area contributed by atoms with Crippen molar-refractivity contribution in [3.63, 3.8) is 0 Å². The molecule has 0 aliphatic heterocycles. The highest BCUT2D eigenvalue weighted by Crippen LogP contribution is 2.17. The lowest BCUT2D eigenvalue weighted by Gasteiger charge is -2.22. The zero-order valence-electron chi connectivity index (χ0n) is 9.57. The van der Waals surface area contributed by atoms with Gasteiger partial charge >= 0.3 is 11.8 Å². The van der Waals surface area contributed by atoms with Gasteiger partial charge in [0.2, 0.25) is 0 Å². The summed E-state index contributed by atoms with van der Waals surface area (Å²) in [5, 5.41) is 0. The van der Waals surface area contributed by atoms with Crippen LogP contribution in [0.2, 0.25) is 0 Å². The molecule has 0 bridgehead atoms. The Morgan fingerprint density at radius 3 is 2.39 bits per heavy atom. The van der Waals surface area contributed by atoms with Crippen LogP contribution < -0.4 is 0 Å². The van der Waals surface area contributed by atoms with E-state index in [4.69, 9.17) is 6.42 Å². The molecule has 1 amide bonds. The second kappa shape index (κ2) is 5.84. The first-order chi connectivity index (χ1) is 8.51. The fraction of sp³-hybridized carbons (Fsp3) is 0.214. The van der Waals surface area contributed by atoms with Crippen LogP contribution in [0, 0.1) is 24.7 Å². The highest BCUT2D eigenvalue weighted by Gasteiger charge is 2.39. The summed E-state index contributed by atoms with van der Waals surface area (Å²) in [6, 6.07) is 8.70. The molecule has 0 spiro atoms. The molecule has 2 nitrogen and oxygen atoms in total. The smallest absolute Gasteiger partial charge is 0.321 e. The molecule has 0 aliphatic rings. The number of carbonyl (C=O) groups is 1. The molecule has 0 N–H and O–H groups in total. The number of rotatable bonds is 4. The monoisotopic (exact) mass is 247 g/mol. The molecule has 0 saturated carbocycles. The molecule has 1 aromatic carbocycles. The Hall–Kier alpha value is -2.33. The van der Waals surface area contributed by atoms with Crippen LogP contribution in [-0.2, 0) is 11.3 Å². The van der Waals surface area contributed by atoms with Crippen molar-refractivity contribution < 1.29 is 13.6 Å². The van der Waals surface area contributed by atoms with E-state index in [0.29, 0.717) is 5.56 Å². The van der Waals surface area contributed by atoms with E-state index in [1.807, 2.05) is 0 Å². The number of nitrogens with zero attached hydrogens (tertiary/aromatic N) is 1. The van der Waals surface area contributed by atoms with E-state index >= 15 is 0 Å². The Kier molecular flexibility index (Phi) is 4.45. The molecule has 0 radical (unpaired) electrons. The number of alkyl halides is 2. The standard InChI is InChI=1S/C14H11F2NO/c1-3-10-17(13(18)14(15,16)4-2)11-12-8-6-5-7-9-12/h1-2,5-9H,10-11H2. The highest BCUT2D eigenvalue weighted by molar-refractivity contribution is 5.86. The number of terminal acetylenes is 2. The van der Waals surface area contributed by atoms with Crippen molar-refractivity contribution in [3.05, 3.63) is 35.9 Å². The van der Waals surface area contributed by atoms with Crippen molar-refractivity contribution in [2.45, 2.75) is 12.5 Å². The van der Waals surface area contributed by atoms with Crippen molar-refractivity contribution in [3.8, 4) is 24.7 Å². The van der Waals surface area contributed by atoms with Crippen LogP contribution in [0.25, 0.3) is 0 Å². The molecule has 18 heavy (non-hydrogen) atoms. The molecule has 92 valence electrons. The summed E-state index contributed by atoms with van der Waals surface area (Å²) in [5.41, 5.74) is 0.703. The summed E-state index contributed by atoms with van der Waals surface area (Å²) in [7, 11) is 0. The lowest BCUT2D eigenvalue weighted by molar-refractivity contribution is -0.149. The van der Waals surface area contributed by atoms with Gasteiger partial charge < -0.3 is 4.90 Å². The van der Waals surface area contributed by atoms with Gasteiger partial charge in [-0.15, -0.1) is 12.8 Å². The van der Waals surface area contributed by atoms with Crippen LogP contribution in [0.4, 0.5) is 8.78 Å². The highest BCUT2D eigenvalue weighted by atomic mass is 19.3. The predicted octanol–water partition coefficient (Wildman–Crippen LogP) is 1.92. The topological polar surface area (TPSA) is 20.3 Å². The number of hydrogen-bond acceptors (Lipinski definition) is 1. The summed E-state index contributed by atoms with van der Waals surface area (Å²) < 4.78 is 26.3. The minimum atomic E-state index is -3.83. The molecule has 0 fully saturated rings. The summed E-state index contributed by atoms with van der Waals surface area (Å²) in [6.07, 6.45) is 9.70. The number of hydrogen-bond donors (Lipinski definition) is 0. The van der Waals surface area contributed by atoms with Gasteiger partial charge in [0.05, 0.1) is 6.54 Å². The first kappa shape index (κ1) is 13.7. The molecule has 0 unspecified atom stereocenters. The first-order valence-electron chi connectivity index (χ1n) is 5.13. The maximum atomic E-state index is 13.1. The Bertz CT molecular complexity index is 497. The fourth-order valence-electron chi connectivity index (χ4n) is 1.37. The lowest BCUT2D eigenvalue weighted by Crippen LogP contribution is -2.42. The molecule has 0 aliphatic carbocycles. The van der Waals surface area contributed by atoms with E-state index in [1.54, 1.807) is 30.3 Å². The minimum absolute atomic E-state index is 0.00113. The van der Waals surface area contributed by atoms with E-state index in [0.717, 1.165) is 4.90 Å². The number of benzene rings is 1. The maximum absolute atomic E-state index is 13.1. The molecule has 0 atom stereocenters. The quantitative estimate of drug-likeness (QED) is 0.744. The molecule has 0 aromatic heterocycles. The summed E-state index contributed by atoms with van der Waals surface area (Å²) in [6.45, 7) is -0.216. The maximum Gasteiger partial charge on any atom is 0.384 e. The van der Waals surface area contributed by atoms with Crippen molar-refractivity contribution in [1.29, 1.82) is 0 Å². The van der Waals surface area contributed by atoms with Crippen LogP contribution in [0.3, 0.4) is 0 Å². The van der Waals surface area contributed by atoms with Crippen LogP contribution in [-0.4, -0.2) is 23.3 Å². The summed E-state index contributed by atoms with van der Waals surface area (Å²) in [4.78, 5) is 12.4. The summed E-state index contributed by atoms with van der Waals surface area (Å²) in [5.74, 6) is -1.94. The van der Waals surface area contributed by atoms with E-state index in [2.05, 4.69) is 12.3 Å². The molecule has 0 saturated heterocycles. The lowest BCUT2D eigenvalue weighted by atomic mass is 10.2. The second-order valence-corrected chi connectivity index (χ2v) is 3.57. The van der Waals surface area contributed by atoms with Gasteiger partial charge in [-0.25, -0.2) is 0 Å². The third kappa shape index (κ3) is 3.33. The second-order valence-electron chi connectivity index (χ2n) is 3.57. The largest absolute Gasteiger partial charge is 0.384 e. The van der Waals surface area contributed by atoms with E-state index in [9.17, 15) is 13.6 Å². The normalized spacial score (nSPS) is 10.2. The van der Waals surface area contributed by atoms with E-state index in [1.165, 1.54) is 5.92 Å². The van der Waals surface area contributed by atoms with Gasteiger partial charge in [-0.3, -0.25) is 4.79 Å². The average Bonchev–Trinajstić information content (AvgIpc) is 2.38. The predicted molar refractivity (Wildman–Crippen MR) is 64.5 cm³/mol. The molecular formula is C14H11F2NO. The number of amides is 1. The van der Waals surface area contributed by atoms with Gasteiger partial charge in [-0.1, -0.05) is 36.3 Å². The zero-order chi connectivity index (χ0) is 13.6. The molecule has 1 rings (SSSR count). The Balaban J connectivity index is 2.89. The Morgan fingerprint density at radius 2 is 1.89 bits per heavy atom. The van der Waals surface area contributed by atoms with Gasteiger partial charge in [-0.2, -0.15) is 8.78 Å². The third-order valence-electron chi connectivity index (χ3n) is 2.24. The minimum Gasteiger partial charge on any atom is -0.321 e. The van der Waals surface area contributed by atoms with Crippen molar-refractivity contribution in [2.24, 2.45) is 0 Å². The van der Waals surface area contributed by atoms with Gasteiger partial charge in [0, 0.05) is 6.54 Å². The molecule has 0 heterocycles. The summed E-state index contributed by atoms with van der Waals surface area (Å²) >= 11 is 0. The van der Waals surface area contributed by atoms with Crippen LogP contribution in [0.1, 0.15) is 5.56 Å². The van der Waals surface area contributed by atoms with E-state index < -0.39 is 11.8 Å². The first-order valence-corrected chi connectivity index (χ1v) is 5.13. The SMILES string of the molecule is C#CCN(Cc1ccccc1)C(=O)C(F)(F)C#C. The number of carbonyl (C=O) groups excluding carboxylic acids is 1. The van der Waals surface area contributed by atoms with Crippen molar-refractivity contribution >= 4 is 5.91 Å². The van der Waals surface area contributed by atoms with Crippen molar-refractivity contribution in [2.75, 3.05) is 6.54 Å². The van der Waals surface area contributed by atoms with E-state index in [-0.39, 0.29) is 13.1 Å². The molecule has 1 aromatic rings. The fourth-order valence-corrected chi connectivity index (χ4v) is 1.37. The van der Waals surface area contributed by atoms with Crippen LogP contribution >= 0.6 is 0 Å². The molecular weight excluding hydrogens is 236 g/mol. The zero-order valence-corrected chi connectivity index (χ0v) is 9.57. The average molecular weight is 247 g/mol. The van der Waals surface area contributed by atoms with Crippen LogP contribution in [0.15, 0.2) is 30.3 Å². The Morgan fingerprint density at radius 1 is 1.28 bits per heavy atom. The van der Waals surface area contributed by atoms with Gasteiger partial charge in [0.15, 0.2) is 0 Å². The number of halogens is 2. The van der Waals surface area contributed by atoms with Crippen molar-refractivity contribution in [1.82, 2.24) is 4.90 Å². The van der Waals surface area contributed by atoms with Gasteiger partial charge in [-0.05, 0) is 11.5 Å². The van der Waals surface area contributed by atoms with Crippen LogP contribution in [0.5, 0.6) is 0 Å². The van der Waals surface area contributed by atoms with Gasteiger partial charge in [0.1, 0.15) is 0 Å².